The van der Waals surface area contributed by atoms with Crippen LogP contribution >= 0.6 is 15.9 Å². The van der Waals surface area contributed by atoms with Gasteiger partial charge in [-0.05, 0) is 24.0 Å². The summed E-state index contributed by atoms with van der Waals surface area (Å²) in [5.41, 5.74) is 1.79. The maximum absolute atomic E-state index is 12.0. The second-order valence-electron chi connectivity index (χ2n) is 7.84. The first-order valence-electron chi connectivity index (χ1n) is 11.3. The minimum absolute atomic E-state index is 0.126. The number of alkyl halides is 1. The second-order valence-corrected chi connectivity index (χ2v) is 9.14. The van der Waals surface area contributed by atoms with E-state index in [-0.39, 0.29) is 11.4 Å². The van der Waals surface area contributed by atoms with Gasteiger partial charge in [0, 0.05) is 11.4 Å². The molecule has 4 nitrogen and oxygen atoms in total. The minimum atomic E-state index is -1.22. The highest BCUT2D eigenvalue weighted by molar-refractivity contribution is 9.09. The van der Waals surface area contributed by atoms with Gasteiger partial charge in [-0.3, -0.25) is 0 Å². The van der Waals surface area contributed by atoms with Gasteiger partial charge in [-0.15, -0.1) is 0 Å². The molecule has 170 valence electrons. The molecule has 2 atom stereocenters. The van der Waals surface area contributed by atoms with E-state index in [2.05, 4.69) is 28.1 Å². The third-order valence-electron chi connectivity index (χ3n) is 5.16. The van der Waals surface area contributed by atoms with Gasteiger partial charge in [-0.2, -0.15) is 0 Å². The van der Waals surface area contributed by atoms with Crippen LogP contribution in [-0.4, -0.2) is 29.1 Å². The van der Waals surface area contributed by atoms with Gasteiger partial charge in [0.15, 0.2) is 6.10 Å². The Morgan fingerprint density at radius 1 is 0.839 bits per heavy atom. The maximum atomic E-state index is 12.0. The Kier molecular flexibility index (Phi) is 13.2. The highest BCUT2D eigenvalue weighted by Gasteiger charge is 2.19. The fourth-order valence-corrected chi connectivity index (χ4v) is 3.78. The van der Waals surface area contributed by atoms with Gasteiger partial charge in [-0.1, -0.05) is 115 Å². The molecule has 0 aliphatic heterocycles. The van der Waals surface area contributed by atoms with Crippen molar-refractivity contribution in [1.29, 1.82) is 0 Å². The van der Waals surface area contributed by atoms with Crippen molar-refractivity contribution in [3.63, 3.8) is 0 Å². The van der Waals surface area contributed by atoms with E-state index in [4.69, 9.17) is 9.47 Å². The zero-order valence-corrected chi connectivity index (χ0v) is 19.8. The van der Waals surface area contributed by atoms with Gasteiger partial charge in [-0.25, -0.2) is 4.79 Å². The quantitative estimate of drug-likeness (QED) is 0.169. The van der Waals surface area contributed by atoms with Crippen molar-refractivity contribution in [1.82, 2.24) is 0 Å². The van der Waals surface area contributed by atoms with Crippen molar-refractivity contribution in [2.75, 3.05) is 13.2 Å². The van der Waals surface area contributed by atoms with Gasteiger partial charge in [0.2, 0.25) is 0 Å². The molecule has 0 aromatic heterocycles. The number of carbonyl (C=O) groups excluding carboxylic acids is 1. The summed E-state index contributed by atoms with van der Waals surface area (Å²) in [6.07, 6.45) is 8.11. The lowest BCUT2D eigenvalue weighted by molar-refractivity contribution is -0.153. The Balaban J connectivity index is 1.38. The van der Waals surface area contributed by atoms with Gasteiger partial charge in [0.1, 0.15) is 6.61 Å². The van der Waals surface area contributed by atoms with Crippen LogP contribution in [0.15, 0.2) is 60.7 Å². The minimum Gasteiger partial charge on any atom is -0.462 e. The molecule has 0 saturated heterocycles. The molecule has 0 heterocycles. The normalized spacial score (nSPS) is 13.0. The predicted octanol–water partition coefficient (Wildman–Crippen LogP) is 6.36. The van der Waals surface area contributed by atoms with Gasteiger partial charge in [0.25, 0.3) is 0 Å². The number of halogens is 1. The molecule has 0 aliphatic carbocycles. The fourth-order valence-electron chi connectivity index (χ4n) is 3.32. The van der Waals surface area contributed by atoms with E-state index in [1.807, 2.05) is 24.3 Å². The van der Waals surface area contributed by atoms with Crippen LogP contribution in [0, 0.1) is 0 Å². The van der Waals surface area contributed by atoms with Crippen LogP contribution in [-0.2, 0) is 20.9 Å². The zero-order valence-electron chi connectivity index (χ0n) is 18.3. The molecule has 0 saturated carbocycles. The molecule has 2 rings (SSSR count). The first kappa shape index (κ1) is 25.6. The monoisotopic (exact) mass is 490 g/mol. The van der Waals surface area contributed by atoms with Crippen molar-refractivity contribution in [2.45, 2.75) is 68.9 Å². The summed E-state index contributed by atoms with van der Waals surface area (Å²) < 4.78 is 11.0. The van der Waals surface area contributed by atoms with Gasteiger partial charge < -0.3 is 14.6 Å². The van der Waals surface area contributed by atoms with Crippen molar-refractivity contribution in [3.05, 3.63) is 71.8 Å². The highest BCUT2D eigenvalue weighted by Crippen LogP contribution is 2.17. The standard InChI is InChI=1S/C26H35BrO4/c27-24(21-31-26(29)25(28)23-16-10-7-11-17-23)18-12-4-2-1-3-5-13-19-30-20-22-14-8-6-9-15-22/h6-11,14-17,24-25,28H,1-5,12-13,18-21H2/t24?,25-/m0/s1. The Labute approximate surface area is 195 Å². The number of unbranched alkanes of at least 4 members (excludes halogenated alkanes) is 6. The molecule has 1 unspecified atom stereocenters. The van der Waals surface area contributed by atoms with Crippen LogP contribution in [0.25, 0.3) is 0 Å². The first-order chi connectivity index (χ1) is 15.2. The number of aliphatic hydroxyl groups is 1. The number of rotatable bonds is 16. The molecule has 0 spiro atoms. The Hall–Kier alpha value is -1.69. The van der Waals surface area contributed by atoms with Crippen LogP contribution in [0.2, 0.25) is 0 Å². The van der Waals surface area contributed by atoms with Crippen LogP contribution in [0.4, 0.5) is 0 Å². The Morgan fingerprint density at radius 3 is 2.10 bits per heavy atom. The average molecular weight is 491 g/mol. The van der Waals surface area contributed by atoms with Gasteiger partial charge >= 0.3 is 5.97 Å². The molecular weight excluding hydrogens is 456 g/mol. The smallest absolute Gasteiger partial charge is 0.339 e. The molecule has 1 N–H and O–H groups in total. The third kappa shape index (κ3) is 11.5. The number of hydrogen-bond donors (Lipinski definition) is 1. The summed E-state index contributed by atoms with van der Waals surface area (Å²) in [7, 11) is 0. The number of esters is 1. The molecule has 2 aromatic rings. The average Bonchev–Trinajstić information content (AvgIpc) is 2.81. The summed E-state index contributed by atoms with van der Waals surface area (Å²) in [4.78, 5) is 12.1. The lowest BCUT2D eigenvalue weighted by Crippen LogP contribution is -2.19. The van der Waals surface area contributed by atoms with E-state index in [0.29, 0.717) is 12.2 Å². The molecule has 5 heteroatoms. The summed E-state index contributed by atoms with van der Waals surface area (Å²) >= 11 is 3.57. The van der Waals surface area contributed by atoms with E-state index in [9.17, 15) is 9.90 Å². The molecule has 0 radical (unpaired) electrons. The first-order valence-corrected chi connectivity index (χ1v) is 12.2. The van der Waals surface area contributed by atoms with E-state index in [0.717, 1.165) is 25.9 Å². The molecule has 0 aliphatic rings. The Bertz CT molecular complexity index is 708. The number of carbonyl (C=O) groups is 1. The number of hydrogen-bond acceptors (Lipinski definition) is 4. The van der Waals surface area contributed by atoms with E-state index in [1.54, 1.807) is 24.3 Å². The van der Waals surface area contributed by atoms with Crippen LogP contribution < -0.4 is 0 Å². The lowest BCUT2D eigenvalue weighted by atomic mass is 10.1. The third-order valence-corrected chi connectivity index (χ3v) is 5.88. The predicted molar refractivity (Wildman–Crippen MR) is 128 cm³/mol. The van der Waals surface area contributed by atoms with Crippen LogP contribution in [0.3, 0.4) is 0 Å². The molecular formula is C26H35BrO4. The maximum Gasteiger partial charge on any atom is 0.339 e. The number of benzene rings is 2. The summed E-state index contributed by atoms with van der Waals surface area (Å²) in [5, 5.41) is 10.0. The van der Waals surface area contributed by atoms with E-state index < -0.39 is 12.1 Å². The Morgan fingerprint density at radius 2 is 1.42 bits per heavy atom. The topological polar surface area (TPSA) is 55.8 Å². The molecule has 0 fully saturated rings. The fraction of sp³-hybridized carbons (Fsp3) is 0.500. The zero-order chi connectivity index (χ0) is 22.2. The molecule has 0 bridgehead atoms. The largest absolute Gasteiger partial charge is 0.462 e. The van der Waals surface area contributed by atoms with Crippen molar-refractivity contribution >= 4 is 21.9 Å². The van der Waals surface area contributed by atoms with Gasteiger partial charge in [0.05, 0.1) is 6.61 Å². The van der Waals surface area contributed by atoms with Crippen LogP contribution in [0.5, 0.6) is 0 Å². The SMILES string of the molecule is O=C(OCC(Br)CCCCCCCCCOCc1ccccc1)[C@@H](O)c1ccccc1. The van der Waals surface area contributed by atoms with Crippen molar-refractivity contribution in [3.8, 4) is 0 Å². The number of ether oxygens (including phenoxy) is 2. The molecule has 2 aromatic carbocycles. The van der Waals surface area contributed by atoms with E-state index in [1.165, 1.54) is 37.7 Å². The summed E-state index contributed by atoms with van der Waals surface area (Å²) in [6, 6.07) is 19.2. The second kappa shape index (κ2) is 16.0. The van der Waals surface area contributed by atoms with Crippen molar-refractivity contribution < 1.29 is 19.4 Å². The highest BCUT2D eigenvalue weighted by atomic mass is 79.9. The lowest BCUT2D eigenvalue weighted by Gasteiger charge is -2.14. The summed E-state index contributed by atoms with van der Waals surface area (Å²) in [6.45, 7) is 1.82. The number of aliphatic hydroxyl groups excluding tert-OH is 1. The molecule has 31 heavy (non-hydrogen) atoms. The van der Waals surface area contributed by atoms with E-state index >= 15 is 0 Å². The van der Waals surface area contributed by atoms with Crippen molar-refractivity contribution in [2.24, 2.45) is 0 Å². The summed E-state index contributed by atoms with van der Waals surface area (Å²) in [5.74, 6) is -0.594. The molecule has 0 amide bonds. The van der Waals surface area contributed by atoms with Crippen LogP contribution in [0.1, 0.15) is 68.6 Å².